The summed E-state index contributed by atoms with van der Waals surface area (Å²) in [6.45, 7) is -0.0183. The van der Waals surface area contributed by atoms with Crippen molar-refractivity contribution in [2.24, 2.45) is 5.92 Å². The molecule has 5 rings (SSSR count). The zero-order valence-electron chi connectivity index (χ0n) is 21.5. The van der Waals surface area contributed by atoms with Gasteiger partial charge in [-0.15, -0.1) is 0 Å². The van der Waals surface area contributed by atoms with Gasteiger partial charge in [0, 0.05) is 25.2 Å². The second-order valence-corrected chi connectivity index (χ2v) is 9.26. The first-order valence-electron chi connectivity index (χ1n) is 12.1. The molecule has 2 N–H and O–H groups in total. The summed E-state index contributed by atoms with van der Waals surface area (Å²) in [4.78, 5) is 13.3. The molecule has 0 amide bonds. The number of carbonyl (C=O) groups excluding carboxylic acids is 1. The molecule has 0 bridgehead atoms. The van der Waals surface area contributed by atoms with Crippen molar-refractivity contribution >= 4 is 5.97 Å². The fraction of sp³-hybridized carbons (Fsp3) is 0.345. The normalized spacial score (nSPS) is 27.2. The SMILES string of the molecule is COCOc1cc(OC)c2c(c1)O[C@@]1(c3ccc(OC)cc3)[C@@H](c3ccccc3)[C@H](C(=O)OC)[C@@H](O)[C@@]21O. The van der Waals surface area contributed by atoms with Crippen LogP contribution in [0.3, 0.4) is 0 Å². The molecule has 1 fully saturated rings. The summed E-state index contributed by atoms with van der Waals surface area (Å²) >= 11 is 0. The van der Waals surface area contributed by atoms with E-state index in [1.807, 2.05) is 30.3 Å². The van der Waals surface area contributed by atoms with Gasteiger partial charge in [-0.1, -0.05) is 42.5 Å². The maximum Gasteiger partial charge on any atom is 0.312 e. The zero-order chi connectivity index (χ0) is 27.1. The molecule has 2 aliphatic rings. The van der Waals surface area contributed by atoms with E-state index in [0.29, 0.717) is 22.6 Å². The van der Waals surface area contributed by atoms with Crippen LogP contribution in [0.1, 0.15) is 22.6 Å². The predicted octanol–water partition coefficient (Wildman–Crippen LogP) is 3.11. The minimum absolute atomic E-state index is 0.0183. The van der Waals surface area contributed by atoms with Gasteiger partial charge in [-0.3, -0.25) is 4.79 Å². The summed E-state index contributed by atoms with van der Waals surface area (Å²) in [5.41, 5.74) is -2.37. The molecule has 5 atom stereocenters. The van der Waals surface area contributed by atoms with Crippen LogP contribution in [-0.4, -0.2) is 57.5 Å². The Morgan fingerprint density at radius 3 is 2.26 bits per heavy atom. The third kappa shape index (κ3) is 3.53. The van der Waals surface area contributed by atoms with Crippen molar-refractivity contribution in [1.29, 1.82) is 0 Å². The second kappa shape index (κ2) is 9.83. The summed E-state index contributed by atoms with van der Waals surface area (Å²) < 4.78 is 33.6. The van der Waals surface area contributed by atoms with Crippen molar-refractivity contribution in [1.82, 2.24) is 0 Å². The van der Waals surface area contributed by atoms with Crippen LogP contribution >= 0.6 is 0 Å². The lowest BCUT2D eigenvalue weighted by Gasteiger charge is -2.40. The van der Waals surface area contributed by atoms with Gasteiger partial charge in [0.2, 0.25) is 0 Å². The van der Waals surface area contributed by atoms with Crippen molar-refractivity contribution in [3.8, 4) is 23.0 Å². The highest BCUT2D eigenvalue weighted by Crippen LogP contribution is 2.70. The molecule has 1 heterocycles. The van der Waals surface area contributed by atoms with E-state index in [-0.39, 0.29) is 23.9 Å². The maximum absolute atomic E-state index is 13.3. The van der Waals surface area contributed by atoms with E-state index in [0.717, 1.165) is 0 Å². The van der Waals surface area contributed by atoms with Gasteiger partial charge in [-0.2, -0.15) is 0 Å². The first-order chi connectivity index (χ1) is 18.4. The lowest BCUT2D eigenvalue weighted by Crippen LogP contribution is -2.52. The Morgan fingerprint density at radius 1 is 0.947 bits per heavy atom. The third-order valence-electron chi connectivity index (χ3n) is 7.54. The van der Waals surface area contributed by atoms with Gasteiger partial charge < -0.3 is 38.6 Å². The van der Waals surface area contributed by atoms with E-state index in [9.17, 15) is 15.0 Å². The molecule has 0 saturated heterocycles. The molecule has 3 aromatic carbocycles. The number of esters is 1. The van der Waals surface area contributed by atoms with Crippen molar-refractivity contribution in [2.75, 3.05) is 35.2 Å². The van der Waals surface area contributed by atoms with Gasteiger partial charge in [-0.25, -0.2) is 0 Å². The standard InChI is InChI=1S/C29H30O9/c1-33-16-37-20-14-21(35-3)25-22(15-20)38-29(18-10-12-19(34-2)13-11-18)24(17-8-6-5-7-9-17)23(27(31)36-4)26(30)28(25,29)32/h5-15,23-24,26,30,32H,16H2,1-4H3/t23-,24-,26+,28-,29-/m0/s1. The van der Waals surface area contributed by atoms with Crippen molar-refractivity contribution in [3.63, 3.8) is 0 Å². The Hall–Kier alpha value is -3.79. The van der Waals surface area contributed by atoms with Crippen molar-refractivity contribution in [2.45, 2.75) is 23.2 Å². The van der Waals surface area contributed by atoms with Crippen LogP contribution in [0.4, 0.5) is 0 Å². The molecule has 9 nitrogen and oxygen atoms in total. The van der Waals surface area contributed by atoms with Gasteiger partial charge in [0.05, 0.1) is 32.8 Å². The second-order valence-electron chi connectivity index (χ2n) is 9.26. The Balaban J connectivity index is 1.84. The maximum atomic E-state index is 13.3. The van der Waals surface area contributed by atoms with E-state index in [1.165, 1.54) is 21.3 Å². The number of ether oxygens (including phenoxy) is 6. The summed E-state index contributed by atoms with van der Waals surface area (Å²) in [6, 6.07) is 19.4. The fourth-order valence-corrected chi connectivity index (χ4v) is 5.99. The largest absolute Gasteiger partial charge is 0.497 e. The molecule has 38 heavy (non-hydrogen) atoms. The molecule has 0 unspecified atom stereocenters. The van der Waals surface area contributed by atoms with E-state index in [4.69, 9.17) is 28.4 Å². The van der Waals surface area contributed by atoms with E-state index in [1.54, 1.807) is 43.5 Å². The van der Waals surface area contributed by atoms with Crippen LogP contribution < -0.4 is 18.9 Å². The highest BCUT2D eigenvalue weighted by atomic mass is 16.7. The van der Waals surface area contributed by atoms with Crippen molar-refractivity contribution in [3.05, 3.63) is 83.4 Å². The molecule has 9 heteroatoms. The minimum Gasteiger partial charge on any atom is -0.497 e. The number of fused-ring (bicyclic) bond motifs is 3. The Kier molecular flexibility index (Phi) is 6.68. The monoisotopic (exact) mass is 522 g/mol. The number of hydrogen-bond donors (Lipinski definition) is 2. The highest BCUT2D eigenvalue weighted by Gasteiger charge is 2.78. The molecule has 0 aromatic heterocycles. The summed E-state index contributed by atoms with van der Waals surface area (Å²) in [5.74, 6) is -1.25. The number of carbonyl (C=O) groups is 1. The summed E-state index contributed by atoms with van der Waals surface area (Å²) in [6.07, 6.45) is -1.62. The van der Waals surface area contributed by atoms with E-state index >= 15 is 0 Å². The van der Waals surface area contributed by atoms with Gasteiger partial charge >= 0.3 is 5.97 Å². The third-order valence-corrected chi connectivity index (χ3v) is 7.54. The molecule has 1 aliphatic carbocycles. The number of aliphatic hydroxyl groups excluding tert-OH is 1. The Labute approximate surface area is 220 Å². The van der Waals surface area contributed by atoms with Crippen LogP contribution in [0.15, 0.2) is 66.7 Å². The number of hydrogen-bond acceptors (Lipinski definition) is 9. The topological polar surface area (TPSA) is 113 Å². The first-order valence-corrected chi connectivity index (χ1v) is 12.1. The van der Waals surface area contributed by atoms with Crippen LogP contribution in [0.2, 0.25) is 0 Å². The van der Waals surface area contributed by atoms with Crippen LogP contribution in [-0.2, 0) is 25.5 Å². The van der Waals surface area contributed by atoms with E-state index < -0.39 is 35.1 Å². The number of benzene rings is 3. The van der Waals surface area contributed by atoms with Crippen LogP contribution in [0.25, 0.3) is 0 Å². The quantitative estimate of drug-likeness (QED) is 0.340. The van der Waals surface area contributed by atoms with Gasteiger partial charge in [0.1, 0.15) is 29.1 Å². The number of methoxy groups -OCH3 is 4. The lowest BCUT2D eigenvalue weighted by molar-refractivity contribution is -0.161. The van der Waals surface area contributed by atoms with Crippen LogP contribution in [0, 0.1) is 5.92 Å². The molecule has 200 valence electrons. The molecular formula is C29H30O9. The van der Waals surface area contributed by atoms with E-state index in [2.05, 4.69) is 0 Å². The van der Waals surface area contributed by atoms with Gasteiger partial charge in [0.25, 0.3) is 0 Å². The predicted molar refractivity (Wildman–Crippen MR) is 135 cm³/mol. The van der Waals surface area contributed by atoms with Gasteiger partial charge in [0.15, 0.2) is 18.0 Å². The van der Waals surface area contributed by atoms with Gasteiger partial charge in [-0.05, 0) is 23.3 Å². The zero-order valence-corrected chi connectivity index (χ0v) is 21.5. The molecule has 0 radical (unpaired) electrons. The average molecular weight is 523 g/mol. The lowest BCUT2D eigenvalue weighted by atomic mass is 9.70. The highest BCUT2D eigenvalue weighted by molar-refractivity contribution is 5.78. The molecule has 1 saturated carbocycles. The number of aliphatic hydroxyl groups is 2. The Bertz CT molecular complexity index is 1310. The summed E-state index contributed by atoms with van der Waals surface area (Å²) in [5, 5.41) is 24.6. The number of rotatable bonds is 8. The van der Waals surface area contributed by atoms with Crippen LogP contribution in [0.5, 0.6) is 23.0 Å². The smallest absolute Gasteiger partial charge is 0.312 e. The first kappa shape index (κ1) is 25.8. The molecular weight excluding hydrogens is 492 g/mol. The Morgan fingerprint density at radius 2 is 1.66 bits per heavy atom. The minimum atomic E-state index is -2.12. The fourth-order valence-electron chi connectivity index (χ4n) is 5.99. The summed E-state index contributed by atoms with van der Waals surface area (Å²) in [7, 11) is 5.75. The molecule has 3 aromatic rings. The van der Waals surface area contributed by atoms with Crippen molar-refractivity contribution < 1.29 is 43.4 Å². The molecule has 1 aliphatic heterocycles. The molecule has 0 spiro atoms. The average Bonchev–Trinajstić information content (AvgIpc) is 3.33.